The van der Waals surface area contributed by atoms with Gasteiger partial charge in [-0.2, -0.15) is 0 Å². The van der Waals surface area contributed by atoms with Crippen LogP contribution in [-0.2, 0) is 9.53 Å². The highest BCUT2D eigenvalue weighted by atomic mass is 16.5. The molecule has 3 heteroatoms. The number of esters is 1. The first-order valence-corrected chi connectivity index (χ1v) is 12.0. The van der Waals surface area contributed by atoms with Gasteiger partial charge in [0.1, 0.15) is 6.10 Å². The van der Waals surface area contributed by atoms with E-state index in [-0.39, 0.29) is 12.1 Å². The van der Waals surface area contributed by atoms with E-state index in [4.69, 9.17) is 4.74 Å². The third-order valence-electron chi connectivity index (χ3n) is 8.45. The summed E-state index contributed by atoms with van der Waals surface area (Å²) in [7, 11) is 0. The predicted octanol–water partition coefficient (Wildman–Crippen LogP) is 5.98. The van der Waals surface area contributed by atoms with Crippen molar-refractivity contribution in [3.63, 3.8) is 0 Å². The van der Waals surface area contributed by atoms with Crippen LogP contribution < -0.4 is 0 Å². The van der Waals surface area contributed by atoms with E-state index in [1.54, 1.807) is 0 Å². The van der Waals surface area contributed by atoms with Gasteiger partial charge in [0.05, 0.1) is 0 Å². The molecule has 3 aliphatic rings. The molecule has 3 saturated carbocycles. The quantitative estimate of drug-likeness (QED) is 0.428. The highest BCUT2D eigenvalue weighted by Gasteiger charge is 2.40. The second-order valence-electron chi connectivity index (χ2n) is 10.4. The fourth-order valence-corrected chi connectivity index (χ4v) is 6.18. The molecule has 0 bridgehead atoms. The van der Waals surface area contributed by atoms with Gasteiger partial charge < -0.3 is 4.74 Å². The average molecular weight is 390 g/mol. The summed E-state index contributed by atoms with van der Waals surface area (Å²) in [5.41, 5.74) is 0. The number of hydrogen-bond acceptors (Lipinski definition) is 3. The van der Waals surface area contributed by atoms with Gasteiger partial charge in [-0.3, -0.25) is 4.90 Å². The first-order valence-electron chi connectivity index (χ1n) is 12.0. The van der Waals surface area contributed by atoms with Crippen LogP contribution in [0, 0.1) is 23.7 Å². The summed E-state index contributed by atoms with van der Waals surface area (Å²) >= 11 is 0. The molecule has 0 amide bonds. The summed E-state index contributed by atoms with van der Waals surface area (Å²) in [6, 6.07) is 2.01. The van der Waals surface area contributed by atoms with E-state index in [2.05, 4.69) is 39.2 Å². The Morgan fingerprint density at radius 3 is 1.82 bits per heavy atom. The Labute approximate surface area is 173 Å². The second kappa shape index (κ2) is 9.78. The smallest absolute Gasteiger partial charge is 0.330 e. The first kappa shape index (κ1) is 21.9. The Bertz CT molecular complexity index is 507. The van der Waals surface area contributed by atoms with Gasteiger partial charge in [-0.25, -0.2) is 4.79 Å². The zero-order valence-electron chi connectivity index (χ0n) is 18.7. The van der Waals surface area contributed by atoms with E-state index in [1.807, 2.05) is 0 Å². The average Bonchev–Trinajstić information content (AvgIpc) is 2.68. The molecule has 160 valence electrons. The maximum atomic E-state index is 11.8. The highest BCUT2D eigenvalue weighted by molar-refractivity contribution is 5.81. The zero-order chi connectivity index (χ0) is 20.3. The van der Waals surface area contributed by atoms with Crippen molar-refractivity contribution in [3.05, 3.63) is 12.7 Å². The Balaban J connectivity index is 1.75. The minimum absolute atomic E-state index is 0.0756. The van der Waals surface area contributed by atoms with E-state index in [9.17, 15) is 4.79 Å². The maximum absolute atomic E-state index is 11.8. The summed E-state index contributed by atoms with van der Waals surface area (Å²) in [5, 5.41) is 0. The van der Waals surface area contributed by atoms with E-state index in [0.29, 0.717) is 6.04 Å². The molecular formula is C25H43NO2. The lowest BCUT2D eigenvalue weighted by molar-refractivity contribution is -0.146. The van der Waals surface area contributed by atoms with E-state index in [1.165, 1.54) is 57.4 Å². The van der Waals surface area contributed by atoms with Crippen molar-refractivity contribution >= 4 is 5.97 Å². The van der Waals surface area contributed by atoms with Crippen LogP contribution in [-0.4, -0.2) is 35.1 Å². The lowest BCUT2D eigenvalue weighted by atomic mass is 9.74. The molecule has 0 heterocycles. The number of rotatable bonds is 5. The van der Waals surface area contributed by atoms with Crippen LogP contribution in [0.2, 0.25) is 0 Å². The SMILES string of the molecule is C=CC(=O)OC1CCCC(N(C2CCC(C)C(C)C2)C2CCC(C)C(C)C2)C1. The normalized spacial score (nSPS) is 42.2. The molecule has 3 nitrogen and oxygen atoms in total. The highest BCUT2D eigenvalue weighted by Crippen LogP contribution is 2.41. The molecule has 0 saturated heterocycles. The number of carbonyl (C=O) groups excluding carboxylic acids is 1. The van der Waals surface area contributed by atoms with Crippen molar-refractivity contribution in [2.75, 3.05) is 0 Å². The van der Waals surface area contributed by atoms with Gasteiger partial charge in [0.25, 0.3) is 0 Å². The van der Waals surface area contributed by atoms with Crippen molar-refractivity contribution in [1.29, 1.82) is 0 Å². The summed E-state index contributed by atoms with van der Waals surface area (Å²) in [6.45, 7) is 13.3. The standard InChI is InChI=1S/C25H43NO2/c1-6-25(27)28-24-9-7-8-21(16-24)26(22-12-10-17(2)19(4)14-22)23-13-11-18(3)20(5)15-23/h6,17-24H,1,7-16H2,2-5H3. The largest absolute Gasteiger partial charge is 0.459 e. The first-order chi connectivity index (χ1) is 13.4. The van der Waals surface area contributed by atoms with E-state index in [0.717, 1.165) is 48.6 Å². The van der Waals surface area contributed by atoms with Crippen LogP contribution in [0.5, 0.6) is 0 Å². The molecule has 8 atom stereocenters. The van der Waals surface area contributed by atoms with Crippen molar-refractivity contribution in [2.45, 2.75) is 116 Å². The van der Waals surface area contributed by atoms with Gasteiger partial charge in [0.2, 0.25) is 0 Å². The number of hydrogen-bond donors (Lipinski definition) is 0. The molecule has 28 heavy (non-hydrogen) atoms. The van der Waals surface area contributed by atoms with Crippen LogP contribution in [0.3, 0.4) is 0 Å². The lowest BCUT2D eigenvalue weighted by Gasteiger charge is -2.51. The van der Waals surface area contributed by atoms with Crippen LogP contribution in [0.4, 0.5) is 0 Å². The number of ether oxygens (including phenoxy) is 1. The van der Waals surface area contributed by atoms with Gasteiger partial charge in [-0.15, -0.1) is 0 Å². The predicted molar refractivity (Wildman–Crippen MR) is 116 cm³/mol. The van der Waals surface area contributed by atoms with Crippen LogP contribution in [0.1, 0.15) is 91.9 Å². The van der Waals surface area contributed by atoms with Gasteiger partial charge in [0.15, 0.2) is 0 Å². The third kappa shape index (κ3) is 5.20. The molecular weight excluding hydrogens is 346 g/mol. The van der Waals surface area contributed by atoms with Crippen molar-refractivity contribution in [1.82, 2.24) is 4.90 Å². The second-order valence-corrected chi connectivity index (χ2v) is 10.4. The summed E-state index contributed by atoms with van der Waals surface area (Å²) in [5.74, 6) is 3.10. The number of carbonyl (C=O) groups is 1. The number of nitrogens with zero attached hydrogens (tertiary/aromatic N) is 1. The van der Waals surface area contributed by atoms with Crippen molar-refractivity contribution in [3.8, 4) is 0 Å². The Kier molecular flexibility index (Phi) is 7.64. The molecule has 8 unspecified atom stereocenters. The molecule has 0 spiro atoms. The van der Waals surface area contributed by atoms with Gasteiger partial charge in [0, 0.05) is 24.2 Å². The molecule has 0 aliphatic heterocycles. The monoisotopic (exact) mass is 389 g/mol. The minimum Gasteiger partial charge on any atom is -0.459 e. The fourth-order valence-electron chi connectivity index (χ4n) is 6.18. The molecule has 0 aromatic carbocycles. The van der Waals surface area contributed by atoms with Crippen LogP contribution in [0.15, 0.2) is 12.7 Å². The Morgan fingerprint density at radius 1 is 0.786 bits per heavy atom. The lowest BCUT2D eigenvalue weighted by Crippen LogP contribution is -2.55. The molecule has 0 radical (unpaired) electrons. The van der Waals surface area contributed by atoms with Crippen LogP contribution >= 0.6 is 0 Å². The van der Waals surface area contributed by atoms with Crippen molar-refractivity contribution < 1.29 is 9.53 Å². The van der Waals surface area contributed by atoms with Gasteiger partial charge >= 0.3 is 5.97 Å². The summed E-state index contributed by atoms with van der Waals surface area (Å²) < 4.78 is 5.69. The molecule has 0 aromatic rings. The molecule has 3 fully saturated rings. The Hall–Kier alpha value is -0.830. The molecule has 0 aromatic heterocycles. The molecule has 3 rings (SSSR count). The van der Waals surface area contributed by atoms with Crippen molar-refractivity contribution in [2.24, 2.45) is 23.7 Å². The van der Waals surface area contributed by atoms with Crippen LogP contribution in [0.25, 0.3) is 0 Å². The molecule has 3 aliphatic carbocycles. The topological polar surface area (TPSA) is 29.5 Å². The molecule has 0 N–H and O–H groups in total. The summed E-state index contributed by atoms with van der Waals surface area (Å²) in [6.07, 6.45) is 14.0. The fraction of sp³-hybridized carbons (Fsp3) is 0.880. The zero-order valence-corrected chi connectivity index (χ0v) is 18.7. The minimum atomic E-state index is -0.252. The van der Waals surface area contributed by atoms with Gasteiger partial charge in [-0.05, 0) is 87.9 Å². The Morgan fingerprint density at radius 2 is 1.32 bits per heavy atom. The summed E-state index contributed by atoms with van der Waals surface area (Å²) in [4.78, 5) is 14.7. The van der Waals surface area contributed by atoms with E-state index < -0.39 is 0 Å². The third-order valence-corrected chi connectivity index (χ3v) is 8.45. The van der Waals surface area contributed by atoms with E-state index >= 15 is 0 Å². The van der Waals surface area contributed by atoms with Gasteiger partial charge in [-0.1, -0.05) is 34.3 Å². The maximum Gasteiger partial charge on any atom is 0.330 e.